The average Bonchev–Trinajstić information content (AvgIpc) is 2.61. The summed E-state index contributed by atoms with van der Waals surface area (Å²) in [5, 5.41) is -0.663. The van der Waals surface area contributed by atoms with Gasteiger partial charge in [-0.25, -0.2) is 4.98 Å². The smallest absolute Gasteiger partial charge is 0.241 e. The van der Waals surface area contributed by atoms with Gasteiger partial charge in [-0.15, -0.1) is 15.5 Å². The highest BCUT2D eigenvalue weighted by atomic mass is 79.9. The van der Waals surface area contributed by atoms with Crippen LogP contribution in [-0.2, 0) is 0 Å². The summed E-state index contributed by atoms with van der Waals surface area (Å²) in [7, 11) is -8.78. The van der Waals surface area contributed by atoms with E-state index < -0.39 is 14.9 Å². The molecule has 0 amide bonds. The van der Waals surface area contributed by atoms with E-state index in [1.165, 1.54) is 12.1 Å². The largest absolute Gasteiger partial charge is 0.255 e. The highest BCUT2D eigenvalue weighted by Gasteiger charge is 2.65. The molecule has 1 nitrogen and oxygen atoms in total. The lowest BCUT2D eigenvalue weighted by Crippen LogP contribution is -2.12. The predicted molar refractivity (Wildman–Crippen MR) is 101 cm³/mol. The van der Waals surface area contributed by atoms with Crippen LogP contribution in [0.2, 0.25) is 0 Å². The maximum Gasteiger partial charge on any atom is 0.255 e. The molecule has 1 heterocycles. The third-order valence-electron chi connectivity index (χ3n) is 3.51. The van der Waals surface area contributed by atoms with Gasteiger partial charge in [0.15, 0.2) is 5.03 Å². The van der Waals surface area contributed by atoms with Crippen molar-refractivity contribution in [3.63, 3.8) is 0 Å². The minimum Gasteiger partial charge on any atom is -0.241 e. The molecule has 134 valence electrons. The van der Waals surface area contributed by atoms with Gasteiger partial charge in [0.25, 0.3) is 9.84 Å². The van der Waals surface area contributed by atoms with Gasteiger partial charge >= 0.3 is 0 Å². The second-order valence-corrected chi connectivity index (χ2v) is 9.23. The van der Waals surface area contributed by atoms with Crippen molar-refractivity contribution >= 4 is 25.8 Å². The Balaban J connectivity index is 1.96. The SMILES string of the molecule is FS(F)(F)(F)(C#Cc1ccc(-c2ccccc2)cc1)c1ccc(Br)cn1. The van der Waals surface area contributed by atoms with Crippen molar-refractivity contribution in [1.29, 1.82) is 0 Å². The van der Waals surface area contributed by atoms with E-state index in [1.54, 1.807) is 12.1 Å². The molecule has 0 saturated carbocycles. The normalized spacial score (nSPS) is 13.9. The fraction of sp³-hybridized carbons (Fsp3) is 0. The Bertz CT molecular complexity index is 1000. The third kappa shape index (κ3) is 4.09. The lowest BCUT2D eigenvalue weighted by atomic mass is 10.0. The fourth-order valence-corrected chi connectivity index (χ4v) is 3.46. The number of halogens is 5. The Morgan fingerprint density at radius 2 is 1.38 bits per heavy atom. The standard InChI is InChI=1S/C19H12BrF4NS/c20-18-10-11-19(25-14-18)26(21,22,23,24)13-12-15-6-8-17(9-7-15)16-4-2-1-3-5-16/h1-11,14H. The van der Waals surface area contributed by atoms with E-state index in [0.717, 1.165) is 28.6 Å². The first-order valence-electron chi connectivity index (χ1n) is 7.38. The first kappa shape index (κ1) is 18.5. The molecule has 0 N–H and O–H groups in total. The molecule has 0 unspecified atom stereocenters. The van der Waals surface area contributed by atoms with Crippen LogP contribution in [0.5, 0.6) is 0 Å². The number of benzene rings is 2. The second kappa shape index (κ2) is 5.86. The van der Waals surface area contributed by atoms with E-state index in [-0.39, 0.29) is 5.56 Å². The van der Waals surface area contributed by atoms with Crippen LogP contribution in [-0.4, -0.2) is 4.98 Å². The second-order valence-electron chi connectivity index (χ2n) is 5.55. The minimum atomic E-state index is -8.78. The Kier molecular flexibility index (Phi) is 4.17. The maximum absolute atomic E-state index is 14.2. The highest BCUT2D eigenvalue weighted by Crippen LogP contribution is 2.99. The molecule has 0 spiro atoms. The molecular formula is C19H12BrF4NS. The molecule has 0 fully saturated rings. The van der Waals surface area contributed by atoms with Crippen LogP contribution in [0.15, 0.2) is 82.4 Å². The van der Waals surface area contributed by atoms with Crippen LogP contribution in [0.1, 0.15) is 5.56 Å². The van der Waals surface area contributed by atoms with Crippen LogP contribution in [0, 0.1) is 11.2 Å². The van der Waals surface area contributed by atoms with Gasteiger partial charge in [0.05, 0.1) is 0 Å². The predicted octanol–water partition coefficient (Wildman–Crippen LogP) is 7.29. The van der Waals surface area contributed by atoms with Gasteiger partial charge in [-0.1, -0.05) is 42.5 Å². The van der Waals surface area contributed by atoms with Gasteiger partial charge < -0.3 is 0 Å². The summed E-state index contributed by atoms with van der Waals surface area (Å²) in [4.78, 5) is 3.16. The number of hydrogen-bond donors (Lipinski definition) is 0. The summed E-state index contributed by atoms with van der Waals surface area (Å²) >= 11 is 2.97. The van der Waals surface area contributed by atoms with Crippen LogP contribution in [0.3, 0.4) is 0 Å². The zero-order chi connectivity index (χ0) is 18.9. The number of aromatic nitrogens is 1. The molecule has 0 atom stereocenters. The van der Waals surface area contributed by atoms with Gasteiger partial charge in [-0.3, -0.25) is 0 Å². The van der Waals surface area contributed by atoms with Crippen molar-refractivity contribution in [2.75, 3.05) is 0 Å². The summed E-state index contributed by atoms with van der Waals surface area (Å²) in [6, 6.07) is 17.2. The maximum atomic E-state index is 14.2. The van der Waals surface area contributed by atoms with Gasteiger partial charge in [-0.05, 0) is 57.2 Å². The highest BCUT2D eigenvalue weighted by molar-refractivity contribution is 9.10. The van der Waals surface area contributed by atoms with Crippen LogP contribution >= 0.6 is 25.8 Å². The first-order chi connectivity index (χ1) is 12.1. The van der Waals surface area contributed by atoms with Crippen molar-refractivity contribution < 1.29 is 15.5 Å². The molecule has 0 aliphatic carbocycles. The molecular weight excluding hydrogens is 430 g/mol. The molecule has 0 aliphatic heterocycles. The van der Waals surface area contributed by atoms with Gasteiger partial charge in [0.2, 0.25) is 0 Å². The summed E-state index contributed by atoms with van der Waals surface area (Å²) < 4.78 is 57.2. The number of pyridine rings is 1. The lowest BCUT2D eigenvalue weighted by Gasteiger charge is -2.43. The quantitative estimate of drug-likeness (QED) is 0.300. The van der Waals surface area contributed by atoms with E-state index in [0.29, 0.717) is 10.5 Å². The van der Waals surface area contributed by atoms with Crippen molar-refractivity contribution in [1.82, 2.24) is 4.98 Å². The molecule has 7 heteroatoms. The number of rotatable bonds is 2. The molecule has 0 radical (unpaired) electrons. The summed E-state index contributed by atoms with van der Waals surface area (Å²) in [6.07, 6.45) is 0.893. The molecule has 2 aromatic carbocycles. The van der Waals surface area contributed by atoms with E-state index in [2.05, 4.69) is 20.9 Å². The number of hydrogen-bond acceptors (Lipinski definition) is 1. The Morgan fingerprint density at radius 1 is 0.769 bits per heavy atom. The average molecular weight is 442 g/mol. The van der Waals surface area contributed by atoms with E-state index in [9.17, 15) is 15.5 Å². The molecule has 0 saturated heterocycles. The molecule has 3 rings (SSSR count). The van der Waals surface area contributed by atoms with Crippen molar-refractivity contribution in [2.45, 2.75) is 5.03 Å². The monoisotopic (exact) mass is 441 g/mol. The molecule has 3 aromatic rings. The fourth-order valence-electron chi connectivity index (χ4n) is 2.20. The van der Waals surface area contributed by atoms with E-state index >= 15 is 0 Å². The molecule has 26 heavy (non-hydrogen) atoms. The summed E-state index contributed by atoms with van der Waals surface area (Å²) in [6.45, 7) is 0. The van der Waals surface area contributed by atoms with Gasteiger partial charge in [-0.2, -0.15) is 0 Å². The Morgan fingerprint density at radius 3 is 1.96 bits per heavy atom. The zero-order valence-corrected chi connectivity index (χ0v) is 15.6. The van der Waals surface area contributed by atoms with E-state index in [1.807, 2.05) is 36.3 Å². The lowest BCUT2D eigenvalue weighted by molar-refractivity contribution is 0.462. The Hall–Kier alpha value is -2.30. The van der Waals surface area contributed by atoms with Crippen molar-refractivity contribution in [2.24, 2.45) is 0 Å². The topological polar surface area (TPSA) is 12.9 Å². The first-order valence-corrected chi connectivity index (χ1v) is 10.2. The van der Waals surface area contributed by atoms with Crippen LogP contribution < -0.4 is 0 Å². The minimum absolute atomic E-state index is 0.0670. The van der Waals surface area contributed by atoms with Gasteiger partial charge in [0.1, 0.15) is 0 Å². The van der Waals surface area contributed by atoms with Crippen molar-refractivity contribution in [3.05, 3.63) is 83.0 Å². The van der Waals surface area contributed by atoms with Crippen LogP contribution in [0.25, 0.3) is 11.1 Å². The summed E-state index contributed by atoms with van der Waals surface area (Å²) in [5.74, 6) is 1.91. The van der Waals surface area contributed by atoms with Crippen LogP contribution in [0.4, 0.5) is 15.5 Å². The Labute approximate surface area is 156 Å². The van der Waals surface area contributed by atoms with Crippen molar-refractivity contribution in [3.8, 4) is 22.3 Å². The molecule has 0 bridgehead atoms. The molecule has 1 aromatic heterocycles. The van der Waals surface area contributed by atoms with E-state index in [4.69, 9.17) is 0 Å². The third-order valence-corrected chi connectivity index (χ3v) is 5.58. The molecule has 0 aliphatic rings. The van der Waals surface area contributed by atoms with Gasteiger partial charge in [0, 0.05) is 21.5 Å². The zero-order valence-electron chi connectivity index (χ0n) is 13.2. The number of nitrogens with zero attached hydrogens (tertiary/aromatic N) is 1. The summed E-state index contributed by atoms with van der Waals surface area (Å²) in [5.41, 5.74) is 1.82.